The lowest BCUT2D eigenvalue weighted by Crippen LogP contribution is -2.54. The number of anilines is 2. The maximum atomic E-state index is 13.9. The molecule has 5 aliphatic rings. The van der Waals surface area contributed by atoms with Gasteiger partial charge in [0.1, 0.15) is 5.54 Å². The molecule has 0 aromatic heterocycles. The van der Waals surface area contributed by atoms with E-state index >= 15 is 0 Å². The number of carbonyl (C=O) groups excluding carboxylic acids is 3. The van der Waals surface area contributed by atoms with Crippen LogP contribution in [0.15, 0.2) is 42.5 Å². The molecule has 7 rings (SSSR count). The van der Waals surface area contributed by atoms with Crippen LogP contribution in [-0.4, -0.2) is 42.0 Å². The molecule has 2 aromatic rings. The quantitative estimate of drug-likeness (QED) is 0.713. The minimum absolute atomic E-state index is 0.114. The number of ether oxygens (including phenoxy) is 2. The second-order valence-corrected chi connectivity index (χ2v) is 8.72. The number of hydrogen-bond donors (Lipinski definition) is 1. The first-order chi connectivity index (χ1) is 15.1. The zero-order valence-corrected chi connectivity index (χ0v) is 16.5. The average Bonchev–Trinajstić information content (AvgIpc) is 3.54. The Labute approximate surface area is 177 Å². The average molecular weight is 417 g/mol. The molecule has 31 heavy (non-hydrogen) atoms. The Kier molecular flexibility index (Phi) is 3.15. The van der Waals surface area contributed by atoms with E-state index in [9.17, 15) is 14.4 Å². The number of carbonyl (C=O) groups is 3. The second-order valence-electron chi connectivity index (χ2n) is 8.72. The van der Waals surface area contributed by atoms with Crippen molar-refractivity contribution in [1.82, 2.24) is 4.90 Å². The van der Waals surface area contributed by atoms with Gasteiger partial charge < -0.3 is 14.8 Å². The monoisotopic (exact) mass is 417 g/mol. The molecule has 8 heteroatoms. The lowest BCUT2D eigenvalue weighted by Gasteiger charge is -2.36. The molecule has 156 valence electrons. The van der Waals surface area contributed by atoms with Crippen LogP contribution in [0.4, 0.5) is 11.4 Å². The van der Waals surface area contributed by atoms with E-state index < -0.39 is 17.4 Å². The van der Waals surface area contributed by atoms with Gasteiger partial charge in [0.05, 0.1) is 17.5 Å². The molecule has 0 unspecified atom stereocenters. The molecule has 1 N–H and O–H groups in total. The van der Waals surface area contributed by atoms with Crippen LogP contribution in [0.1, 0.15) is 18.4 Å². The zero-order valence-electron chi connectivity index (χ0n) is 16.5. The molecule has 0 saturated carbocycles. The first-order valence-electron chi connectivity index (χ1n) is 10.6. The van der Waals surface area contributed by atoms with Crippen LogP contribution >= 0.6 is 0 Å². The molecule has 5 aliphatic heterocycles. The number of nitrogens with one attached hydrogen (secondary N) is 1. The van der Waals surface area contributed by atoms with Crippen molar-refractivity contribution in [3.8, 4) is 11.5 Å². The van der Waals surface area contributed by atoms with E-state index in [1.165, 1.54) is 4.90 Å². The van der Waals surface area contributed by atoms with Gasteiger partial charge in [0.15, 0.2) is 11.5 Å². The van der Waals surface area contributed by atoms with Gasteiger partial charge in [-0.25, -0.2) is 4.90 Å². The fourth-order valence-electron chi connectivity index (χ4n) is 6.44. The molecule has 5 heterocycles. The summed E-state index contributed by atoms with van der Waals surface area (Å²) in [6.07, 6.45) is 1.70. The third-order valence-corrected chi connectivity index (χ3v) is 7.51. The number of hydrogen-bond acceptors (Lipinski definition) is 6. The number of nitrogens with zero attached hydrogens (tertiary/aromatic N) is 2. The Hall–Kier alpha value is -3.39. The Bertz CT molecular complexity index is 1200. The first-order valence-corrected chi connectivity index (χ1v) is 10.6. The van der Waals surface area contributed by atoms with Crippen LogP contribution in [0.3, 0.4) is 0 Å². The molecule has 0 radical (unpaired) electrons. The van der Waals surface area contributed by atoms with Crippen LogP contribution in [0.25, 0.3) is 0 Å². The highest BCUT2D eigenvalue weighted by atomic mass is 16.7. The molecule has 1 spiro atoms. The summed E-state index contributed by atoms with van der Waals surface area (Å²) < 4.78 is 10.8. The molecule has 2 aromatic carbocycles. The smallest absolute Gasteiger partial charge is 0.250 e. The molecule has 3 fully saturated rings. The van der Waals surface area contributed by atoms with Crippen molar-refractivity contribution in [2.75, 3.05) is 23.6 Å². The number of imide groups is 1. The minimum Gasteiger partial charge on any atom is -0.454 e. The third-order valence-electron chi connectivity index (χ3n) is 7.51. The summed E-state index contributed by atoms with van der Waals surface area (Å²) in [5, 5.41) is 2.98. The Morgan fingerprint density at radius 1 is 1.00 bits per heavy atom. The molecular formula is C23H19N3O5. The third kappa shape index (κ3) is 1.88. The summed E-state index contributed by atoms with van der Waals surface area (Å²) in [4.78, 5) is 44.4. The molecule has 3 amide bonds. The highest BCUT2D eigenvalue weighted by Gasteiger charge is 2.74. The molecule has 4 atom stereocenters. The summed E-state index contributed by atoms with van der Waals surface area (Å²) in [5.74, 6) is -0.963. The number of fused-ring (bicyclic) bond motifs is 8. The van der Waals surface area contributed by atoms with Gasteiger partial charge >= 0.3 is 0 Å². The molecule has 8 nitrogen and oxygen atoms in total. The van der Waals surface area contributed by atoms with Gasteiger partial charge in [0.25, 0.3) is 0 Å². The highest BCUT2D eigenvalue weighted by molar-refractivity contribution is 6.26. The van der Waals surface area contributed by atoms with Crippen molar-refractivity contribution in [3.63, 3.8) is 0 Å². The van der Waals surface area contributed by atoms with Crippen LogP contribution in [0.5, 0.6) is 11.5 Å². The predicted molar refractivity (Wildman–Crippen MR) is 109 cm³/mol. The topological polar surface area (TPSA) is 88.2 Å². The summed E-state index contributed by atoms with van der Waals surface area (Å²) in [5.41, 5.74) is 0.842. The van der Waals surface area contributed by atoms with E-state index in [1.54, 1.807) is 18.2 Å². The van der Waals surface area contributed by atoms with Crippen molar-refractivity contribution in [2.45, 2.75) is 24.4 Å². The normalized spacial score (nSPS) is 32.6. The van der Waals surface area contributed by atoms with Gasteiger partial charge in [-0.3, -0.25) is 19.3 Å². The van der Waals surface area contributed by atoms with Gasteiger partial charge in [-0.1, -0.05) is 18.2 Å². The van der Waals surface area contributed by atoms with Crippen LogP contribution in [0.2, 0.25) is 0 Å². The van der Waals surface area contributed by atoms with Crippen molar-refractivity contribution in [1.29, 1.82) is 0 Å². The van der Waals surface area contributed by atoms with Crippen LogP contribution in [0, 0.1) is 11.8 Å². The summed E-state index contributed by atoms with van der Waals surface area (Å²) in [6.45, 7) is 0.813. The number of benzene rings is 2. The van der Waals surface area contributed by atoms with Crippen LogP contribution < -0.4 is 19.7 Å². The van der Waals surface area contributed by atoms with Crippen molar-refractivity contribution < 1.29 is 23.9 Å². The fraction of sp³-hybridized carbons (Fsp3) is 0.348. The van der Waals surface area contributed by atoms with E-state index in [1.807, 2.05) is 24.3 Å². The van der Waals surface area contributed by atoms with Crippen LogP contribution in [-0.2, 0) is 19.9 Å². The van der Waals surface area contributed by atoms with E-state index in [0.29, 0.717) is 23.7 Å². The molecule has 3 saturated heterocycles. The molecule has 0 aliphatic carbocycles. The standard InChI is InChI=1S/C23H19N3O5/c27-20-18-15-6-3-9-25(15)23(13-4-1-2-5-14(13)24-22(23)29)19(18)21(28)26(20)12-7-8-16-17(10-12)31-11-30-16/h1-2,4-5,7-8,10,15,18-19H,3,6,9,11H2,(H,24,29)/t15-,18-,19+,23-/m1/s1. The van der Waals surface area contributed by atoms with Gasteiger partial charge in [-0.2, -0.15) is 0 Å². The van der Waals surface area contributed by atoms with E-state index in [2.05, 4.69) is 10.2 Å². The van der Waals surface area contributed by atoms with Crippen molar-refractivity contribution in [3.05, 3.63) is 48.0 Å². The van der Waals surface area contributed by atoms with Gasteiger partial charge in [-0.05, 0) is 37.6 Å². The van der Waals surface area contributed by atoms with E-state index in [0.717, 1.165) is 24.1 Å². The zero-order chi connectivity index (χ0) is 20.9. The maximum absolute atomic E-state index is 13.9. The lowest BCUT2D eigenvalue weighted by atomic mass is 9.75. The predicted octanol–water partition coefficient (Wildman–Crippen LogP) is 1.85. The van der Waals surface area contributed by atoms with E-state index in [-0.39, 0.29) is 30.6 Å². The minimum atomic E-state index is -1.14. The lowest BCUT2D eigenvalue weighted by molar-refractivity contribution is -0.135. The fourth-order valence-corrected chi connectivity index (χ4v) is 6.44. The summed E-state index contributed by atoms with van der Waals surface area (Å²) in [7, 11) is 0. The number of amides is 3. The Balaban J connectivity index is 1.40. The Morgan fingerprint density at radius 2 is 1.84 bits per heavy atom. The van der Waals surface area contributed by atoms with Crippen molar-refractivity contribution >= 4 is 29.1 Å². The summed E-state index contributed by atoms with van der Waals surface area (Å²) >= 11 is 0. The van der Waals surface area contributed by atoms with Gasteiger partial charge in [0, 0.05) is 23.4 Å². The SMILES string of the molecule is O=C1[C@@H]2[C@H]3CCCN3[C@@]3(C(=O)Nc4ccccc43)[C@@H]2C(=O)N1c1ccc2c(c1)OCO2. The number of rotatable bonds is 1. The molecular weight excluding hydrogens is 398 g/mol. The first kappa shape index (κ1) is 17.3. The van der Waals surface area contributed by atoms with Gasteiger partial charge in [-0.15, -0.1) is 0 Å². The Morgan fingerprint density at radius 3 is 2.74 bits per heavy atom. The van der Waals surface area contributed by atoms with E-state index in [4.69, 9.17) is 9.47 Å². The highest BCUT2D eigenvalue weighted by Crippen LogP contribution is 2.60. The van der Waals surface area contributed by atoms with Gasteiger partial charge in [0.2, 0.25) is 24.5 Å². The van der Waals surface area contributed by atoms with Crippen molar-refractivity contribution in [2.24, 2.45) is 11.8 Å². The number of para-hydroxylation sites is 1. The maximum Gasteiger partial charge on any atom is 0.250 e. The largest absolute Gasteiger partial charge is 0.454 e. The molecule has 0 bridgehead atoms. The summed E-state index contributed by atoms with van der Waals surface area (Å²) in [6, 6.07) is 12.5. The second kappa shape index (κ2) is 5.64.